The molecule has 1 aliphatic rings. The first-order valence-electron chi connectivity index (χ1n) is 7.60. The Morgan fingerprint density at radius 1 is 1.25 bits per heavy atom. The van der Waals surface area contributed by atoms with Crippen molar-refractivity contribution in [1.82, 2.24) is 9.80 Å². The van der Waals surface area contributed by atoms with E-state index in [0.717, 1.165) is 25.2 Å². The lowest BCUT2D eigenvalue weighted by Gasteiger charge is -2.26. The number of nitrogens with zero attached hydrogens (tertiary/aromatic N) is 2. The predicted octanol–water partition coefficient (Wildman–Crippen LogP) is 2.24. The van der Waals surface area contributed by atoms with Gasteiger partial charge in [-0.2, -0.15) is 0 Å². The fourth-order valence-corrected chi connectivity index (χ4v) is 3.36. The molecule has 3 nitrogen and oxygen atoms in total. The van der Waals surface area contributed by atoms with E-state index < -0.39 is 0 Å². The van der Waals surface area contributed by atoms with Crippen molar-refractivity contribution < 1.29 is 5.11 Å². The van der Waals surface area contributed by atoms with Gasteiger partial charge in [0.25, 0.3) is 0 Å². The number of hydrogen-bond donors (Lipinski definition) is 1. The Kier molecular flexibility index (Phi) is 5.19. The van der Waals surface area contributed by atoms with Gasteiger partial charge in [0, 0.05) is 25.7 Å². The molecule has 1 saturated heterocycles. The monoisotopic (exact) mass is 276 g/mol. The highest BCUT2D eigenvalue weighted by molar-refractivity contribution is 5.17. The minimum Gasteiger partial charge on any atom is -0.388 e. The van der Waals surface area contributed by atoms with Crippen molar-refractivity contribution in [2.24, 2.45) is 11.8 Å². The van der Waals surface area contributed by atoms with Gasteiger partial charge in [-0.1, -0.05) is 44.2 Å². The molecule has 4 unspecified atom stereocenters. The molecule has 0 bridgehead atoms. The lowest BCUT2D eigenvalue weighted by atomic mass is 9.97. The first-order chi connectivity index (χ1) is 9.49. The molecule has 3 heteroatoms. The van der Waals surface area contributed by atoms with E-state index in [1.54, 1.807) is 0 Å². The van der Waals surface area contributed by atoms with Gasteiger partial charge in [0.05, 0.1) is 6.10 Å². The molecular formula is C17H28N2O. The Balaban J connectivity index is 1.91. The van der Waals surface area contributed by atoms with Crippen LogP contribution >= 0.6 is 0 Å². The Morgan fingerprint density at radius 3 is 2.45 bits per heavy atom. The molecular weight excluding hydrogens is 248 g/mol. The molecule has 112 valence electrons. The van der Waals surface area contributed by atoms with Crippen molar-refractivity contribution in [3.8, 4) is 0 Å². The highest BCUT2D eigenvalue weighted by Gasteiger charge is 2.32. The molecule has 1 fully saturated rings. The van der Waals surface area contributed by atoms with E-state index in [-0.39, 0.29) is 12.0 Å². The van der Waals surface area contributed by atoms with Crippen molar-refractivity contribution in [1.29, 1.82) is 0 Å². The molecule has 0 aromatic heterocycles. The van der Waals surface area contributed by atoms with E-state index in [9.17, 15) is 5.11 Å². The molecule has 0 aliphatic carbocycles. The topological polar surface area (TPSA) is 26.7 Å². The van der Waals surface area contributed by atoms with Crippen LogP contribution in [-0.4, -0.2) is 54.7 Å². The molecule has 4 atom stereocenters. The number of rotatable bonds is 5. The number of aliphatic hydroxyl groups is 1. The van der Waals surface area contributed by atoms with Gasteiger partial charge in [0.15, 0.2) is 0 Å². The van der Waals surface area contributed by atoms with Crippen LogP contribution in [0, 0.1) is 11.8 Å². The molecule has 1 aliphatic heterocycles. The summed E-state index contributed by atoms with van der Waals surface area (Å²) in [6.45, 7) is 7.67. The second-order valence-electron chi connectivity index (χ2n) is 6.56. The third-order valence-corrected chi connectivity index (χ3v) is 4.54. The Labute approximate surface area is 123 Å². The minimum absolute atomic E-state index is 0.255. The Morgan fingerprint density at radius 2 is 1.90 bits per heavy atom. The number of likely N-dealkylation sites (tertiary alicyclic amines) is 1. The number of aliphatic hydroxyl groups excluding tert-OH is 1. The first kappa shape index (κ1) is 15.5. The van der Waals surface area contributed by atoms with Gasteiger partial charge in [0.2, 0.25) is 0 Å². The summed E-state index contributed by atoms with van der Waals surface area (Å²) >= 11 is 0. The smallest absolute Gasteiger partial charge is 0.0827 e. The Hall–Kier alpha value is -0.900. The third-order valence-electron chi connectivity index (χ3n) is 4.54. The van der Waals surface area contributed by atoms with Gasteiger partial charge >= 0.3 is 0 Å². The average Bonchev–Trinajstić information content (AvgIpc) is 2.79. The van der Waals surface area contributed by atoms with Crippen LogP contribution in [0.25, 0.3) is 0 Å². The summed E-state index contributed by atoms with van der Waals surface area (Å²) in [6.07, 6.45) is -0.370. The van der Waals surface area contributed by atoms with Gasteiger partial charge in [0.1, 0.15) is 0 Å². The highest BCUT2D eigenvalue weighted by Crippen LogP contribution is 2.26. The van der Waals surface area contributed by atoms with E-state index in [1.165, 1.54) is 0 Å². The van der Waals surface area contributed by atoms with Gasteiger partial charge in [-0.3, -0.25) is 0 Å². The van der Waals surface area contributed by atoms with Crippen LogP contribution in [0.2, 0.25) is 0 Å². The summed E-state index contributed by atoms with van der Waals surface area (Å²) in [6, 6.07) is 10.6. The maximum atomic E-state index is 10.5. The fourth-order valence-electron chi connectivity index (χ4n) is 3.36. The summed E-state index contributed by atoms with van der Waals surface area (Å²) in [5.74, 6) is 0.955. The van der Waals surface area contributed by atoms with Gasteiger partial charge in [-0.25, -0.2) is 0 Å². The molecule has 0 amide bonds. The van der Waals surface area contributed by atoms with Crippen LogP contribution in [0.5, 0.6) is 0 Å². The van der Waals surface area contributed by atoms with Crippen LogP contribution in [0.15, 0.2) is 30.3 Å². The molecule has 20 heavy (non-hydrogen) atoms. The normalized spacial score (nSPS) is 26.9. The van der Waals surface area contributed by atoms with E-state index in [0.29, 0.717) is 12.0 Å². The summed E-state index contributed by atoms with van der Waals surface area (Å²) in [7, 11) is 4.32. The molecule has 2 rings (SSSR count). The highest BCUT2D eigenvalue weighted by atomic mass is 16.3. The maximum Gasteiger partial charge on any atom is 0.0827 e. The molecule has 0 radical (unpaired) electrons. The summed E-state index contributed by atoms with van der Waals surface area (Å²) < 4.78 is 0. The van der Waals surface area contributed by atoms with Gasteiger partial charge in [-0.15, -0.1) is 0 Å². The quantitative estimate of drug-likeness (QED) is 0.893. The number of benzene rings is 1. The summed E-state index contributed by atoms with van der Waals surface area (Å²) in [5, 5.41) is 10.5. The first-order valence-corrected chi connectivity index (χ1v) is 7.60. The van der Waals surface area contributed by atoms with Crippen molar-refractivity contribution in [2.75, 3.05) is 33.7 Å². The van der Waals surface area contributed by atoms with Crippen LogP contribution in [-0.2, 0) is 0 Å². The molecule has 1 N–H and O–H groups in total. The van der Waals surface area contributed by atoms with Gasteiger partial charge in [-0.05, 0) is 31.5 Å². The van der Waals surface area contributed by atoms with Crippen LogP contribution in [0.3, 0.4) is 0 Å². The zero-order chi connectivity index (χ0) is 14.7. The average molecular weight is 276 g/mol. The largest absolute Gasteiger partial charge is 0.388 e. The lowest BCUT2D eigenvalue weighted by molar-refractivity contribution is 0.0925. The zero-order valence-corrected chi connectivity index (χ0v) is 13.2. The fraction of sp³-hybridized carbons (Fsp3) is 0.647. The van der Waals surface area contributed by atoms with Crippen molar-refractivity contribution in [3.63, 3.8) is 0 Å². The summed E-state index contributed by atoms with van der Waals surface area (Å²) in [4.78, 5) is 4.81. The van der Waals surface area contributed by atoms with Crippen LogP contribution in [0.4, 0.5) is 0 Å². The van der Waals surface area contributed by atoms with Crippen LogP contribution < -0.4 is 0 Å². The van der Waals surface area contributed by atoms with E-state index in [4.69, 9.17) is 0 Å². The molecule has 1 heterocycles. The van der Waals surface area contributed by atoms with Crippen molar-refractivity contribution in [3.05, 3.63) is 35.9 Å². The van der Waals surface area contributed by atoms with E-state index in [2.05, 4.69) is 37.7 Å². The SMILES string of the molecule is CC(CN1CC(C)C(N(C)C)C1)C(O)c1ccccc1. The second-order valence-corrected chi connectivity index (χ2v) is 6.56. The number of hydrogen-bond acceptors (Lipinski definition) is 3. The van der Waals surface area contributed by atoms with Gasteiger partial charge < -0.3 is 14.9 Å². The molecule has 1 aromatic carbocycles. The second kappa shape index (κ2) is 6.70. The van der Waals surface area contributed by atoms with E-state index in [1.807, 2.05) is 30.3 Å². The van der Waals surface area contributed by atoms with E-state index >= 15 is 0 Å². The zero-order valence-electron chi connectivity index (χ0n) is 13.2. The minimum atomic E-state index is -0.370. The molecule has 0 saturated carbocycles. The standard InChI is InChI=1S/C17H28N2O/c1-13-10-19(12-16(13)18(3)4)11-14(2)17(20)15-8-6-5-7-9-15/h5-9,13-14,16-17,20H,10-12H2,1-4H3. The lowest BCUT2D eigenvalue weighted by Crippen LogP contribution is -2.35. The Bertz CT molecular complexity index is 407. The number of likely N-dealkylation sites (N-methyl/N-ethyl adjacent to an activating group) is 1. The summed E-state index contributed by atoms with van der Waals surface area (Å²) in [5.41, 5.74) is 1.02. The van der Waals surface area contributed by atoms with Crippen molar-refractivity contribution >= 4 is 0 Å². The van der Waals surface area contributed by atoms with Crippen LogP contribution in [0.1, 0.15) is 25.5 Å². The predicted molar refractivity (Wildman–Crippen MR) is 83.6 cm³/mol. The van der Waals surface area contributed by atoms with Crippen molar-refractivity contribution in [2.45, 2.75) is 26.0 Å². The molecule has 0 spiro atoms. The maximum absolute atomic E-state index is 10.5. The molecule has 1 aromatic rings. The third kappa shape index (κ3) is 3.60.